The van der Waals surface area contributed by atoms with E-state index in [2.05, 4.69) is 4.72 Å². The first-order valence-corrected chi connectivity index (χ1v) is 8.94. The third-order valence-corrected chi connectivity index (χ3v) is 4.64. The van der Waals surface area contributed by atoms with Crippen LogP contribution in [0, 0.1) is 0 Å². The Bertz CT molecular complexity index is 587. The number of hydrogen-bond acceptors (Lipinski definition) is 4. The number of nitrogens with zero attached hydrogens (tertiary/aromatic N) is 1. The van der Waals surface area contributed by atoms with Crippen molar-refractivity contribution in [3.8, 4) is 5.75 Å². The Balaban J connectivity index is 2.67. The Morgan fingerprint density at radius 3 is 2.68 bits per heavy atom. The molecule has 6 nitrogen and oxygen atoms in total. The van der Waals surface area contributed by atoms with Crippen molar-refractivity contribution in [3.05, 3.63) is 24.3 Å². The largest absolute Gasteiger partial charge is 0.497 e. The third kappa shape index (κ3) is 6.03. The number of sulfonamides is 1. The number of unbranched alkanes of at least 4 members (excludes halogenated alkanes) is 1. The number of rotatable bonds is 9. The first kappa shape index (κ1) is 18.4. The van der Waals surface area contributed by atoms with Crippen molar-refractivity contribution in [2.24, 2.45) is 0 Å². The van der Waals surface area contributed by atoms with Crippen molar-refractivity contribution < 1.29 is 17.9 Å². The molecule has 22 heavy (non-hydrogen) atoms. The number of benzene rings is 1. The molecule has 0 saturated carbocycles. The Labute approximate surface area is 132 Å². The van der Waals surface area contributed by atoms with Crippen LogP contribution in [-0.4, -0.2) is 40.3 Å². The summed E-state index contributed by atoms with van der Waals surface area (Å²) >= 11 is 0. The lowest BCUT2D eigenvalue weighted by Crippen LogP contribution is -2.38. The van der Waals surface area contributed by atoms with E-state index in [1.807, 2.05) is 6.92 Å². The number of ether oxygens (including phenoxy) is 1. The highest BCUT2D eigenvalue weighted by atomic mass is 32.2. The summed E-state index contributed by atoms with van der Waals surface area (Å²) in [6.45, 7) is 3.84. The molecule has 124 valence electrons. The van der Waals surface area contributed by atoms with Crippen LogP contribution in [-0.2, 0) is 14.8 Å². The Kier molecular flexibility index (Phi) is 7.34. The van der Waals surface area contributed by atoms with Crippen LogP contribution in [0.5, 0.6) is 5.75 Å². The quantitative estimate of drug-likeness (QED) is 0.749. The molecule has 0 heterocycles. The van der Waals surface area contributed by atoms with E-state index >= 15 is 0 Å². The molecule has 7 heteroatoms. The molecule has 1 aromatic rings. The van der Waals surface area contributed by atoms with Gasteiger partial charge in [-0.05, 0) is 18.6 Å². The molecule has 0 atom stereocenters. The predicted molar refractivity (Wildman–Crippen MR) is 87.7 cm³/mol. The molecule has 1 aromatic carbocycles. The SMILES string of the molecule is CCCCS(=O)(=O)NCCN(C(C)=O)c1cccc(OC)c1. The fourth-order valence-corrected chi connectivity index (χ4v) is 3.18. The minimum absolute atomic E-state index is 0.114. The first-order chi connectivity index (χ1) is 10.4. The molecule has 0 aliphatic heterocycles. The van der Waals surface area contributed by atoms with E-state index in [-0.39, 0.29) is 24.7 Å². The summed E-state index contributed by atoms with van der Waals surface area (Å²) in [6, 6.07) is 7.10. The summed E-state index contributed by atoms with van der Waals surface area (Å²) in [7, 11) is -1.72. The molecular weight excluding hydrogens is 304 g/mol. The zero-order valence-corrected chi connectivity index (χ0v) is 14.1. The molecule has 0 saturated heterocycles. The standard InChI is InChI=1S/C15H24N2O4S/c1-4-5-11-22(19,20)16-9-10-17(13(2)18)14-7-6-8-15(12-14)21-3/h6-8,12,16H,4-5,9-11H2,1-3H3. The normalized spacial score (nSPS) is 11.2. The van der Waals surface area contributed by atoms with Crippen LogP contribution < -0.4 is 14.4 Å². The molecule has 1 amide bonds. The summed E-state index contributed by atoms with van der Waals surface area (Å²) in [6.07, 6.45) is 1.45. The minimum Gasteiger partial charge on any atom is -0.497 e. The van der Waals surface area contributed by atoms with Crippen LogP contribution in [0.3, 0.4) is 0 Å². The maximum atomic E-state index is 11.8. The van der Waals surface area contributed by atoms with Crippen molar-refractivity contribution in [3.63, 3.8) is 0 Å². The first-order valence-electron chi connectivity index (χ1n) is 7.29. The summed E-state index contributed by atoms with van der Waals surface area (Å²) in [5.41, 5.74) is 0.680. The molecule has 1 N–H and O–H groups in total. The van der Waals surface area contributed by atoms with Crippen molar-refractivity contribution >= 4 is 21.6 Å². The predicted octanol–water partition coefficient (Wildman–Crippen LogP) is 1.77. The lowest BCUT2D eigenvalue weighted by molar-refractivity contribution is -0.116. The number of methoxy groups -OCH3 is 1. The van der Waals surface area contributed by atoms with Gasteiger partial charge in [-0.15, -0.1) is 0 Å². The zero-order chi connectivity index (χ0) is 16.6. The number of amides is 1. The van der Waals surface area contributed by atoms with E-state index in [0.29, 0.717) is 17.9 Å². The third-order valence-electron chi connectivity index (χ3n) is 3.17. The van der Waals surface area contributed by atoms with Gasteiger partial charge in [-0.25, -0.2) is 13.1 Å². The number of carbonyl (C=O) groups excluding carboxylic acids is 1. The van der Waals surface area contributed by atoms with Crippen LogP contribution in [0.2, 0.25) is 0 Å². The van der Waals surface area contributed by atoms with Gasteiger partial charge in [0.1, 0.15) is 5.75 Å². The highest BCUT2D eigenvalue weighted by Gasteiger charge is 2.14. The lowest BCUT2D eigenvalue weighted by atomic mass is 10.2. The molecule has 0 bridgehead atoms. The van der Waals surface area contributed by atoms with Gasteiger partial charge in [0.2, 0.25) is 15.9 Å². The van der Waals surface area contributed by atoms with Gasteiger partial charge in [0, 0.05) is 31.8 Å². The fourth-order valence-electron chi connectivity index (χ4n) is 1.97. The highest BCUT2D eigenvalue weighted by Crippen LogP contribution is 2.20. The molecule has 0 aliphatic rings. The Hall–Kier alpha value is -1.60. The second-order valence-corrected chi connectivity index (χ2v) is 6.87. The van der Waals surface area contributed by atoms with Crippen LogP contribution >= 0.6 is 0 Å². The van der Waals surface area contributed by atoms with E-state index in [4.69, 9.17) is 4.74 Å². The highest BCUT2D eigenvalue weighted by molar-refractivity contribution is 7.89. The van der Waals surface area contributed by atoms with Gasteiger partial charge in [-0.1, -0.05) is 19.4 Å². The average Bonchev–Trinajstić information content (AvgIpc) is 2.49. The zero-order valence-electron chi connectivity index (χ0n) is 13.3. The summed E-state index contributed by atoms with van der Waals surface area (Å²) < 4.78 is 31.1. The van der Waals surface area contributed by atoms with E-state index in [9.17, 15) is 13.2 Å². The molecule has 0 unspecified atom stereocenters. The van der Waals surface area contributed by atoms with Gasteiger partial charge in [0.05, 0.1) is 12.9 Å². The van der Waals surface area contributed by atoms with Gasteiger partial charge in [-0.2, -0.15) is 0 Å². The molecule has 1 rings (SSSR count). The van der Waals surface area contributed by atoms with Crippen molar-refractivity contribution in [2.75, 3.05) is 30.9 Å². The summed E-state index contributed by atoms with van der Waals surface area (Å²) in [5.74, 6) is 0.608. The average molecular weight is 328 g/mol. The van der Waals surface area contributed by atoms with Gasteiger partial charge in [0.25, 0.3) is 0 Å². The minimum atomic E-state index is -3.27. The summed E-state index contributed by atoms with van der Waals surface area (Å²) in [5, 5.41) is 0. The molecule has 0 aliphatic carbocycles. The summed E-state index contributed by atoms with van der Waals surface area (Å²) in [4.78, 5) is 13.3. The van der Waals surface area contributed by atoms with Gasteiger partial charge in [-0.3, -0.25) is 4.79 Å². The van der Waals surface area contributed by atoms with Crippen LogP contribution in [0.4, 0.5) is 5.69 Å². The van der Waals surface area contributed by atoms with E-state index in [1.165, 1.54) is 11.8 Å². The van der Waals surface area contributed by atoms with Crippen molar-refractivity contribution in [1.29, 1.82) is 0 Å². The second-order valence-electron chi connectivity index (χ2n) is 4.94. The number of anilines is 1. The van der Waals surface area contributed by atoms with Gasteiger partial charge in [0.15, 0.2) is 0 Å². The van der Waals surface area contributed by atoms with Crippen molar-refractivity contribution in [2.45, 2.75) is 26.7 Å². The van der Waals surface area contributed by atoms with Gasteiger partial charge >= 0.3 is 0 Å². The topological polar surface area (TPSA) is 75.7 Å². The molecule has 0 aromatic heterocycles. The molecule has 0 fully saturated rings. The number of carbonyl (C=O) groups is 1. The molecule has 0 spiro atoms. The maximum Gasteiger partial charge on any atom is 0.223 e. The Morgan fingerprint density at radius 1 is 1.36 bits per heavy atom. The van der Waals surface area contributed by atoms with Crippen LogP contribution in [0.25, 0.3) is 0 Å². The van der Waals surface area contributed by atoms with Crippen LogP contribution in [0.15, 0.2) is 24.3 Å². The number of nitrogens with one attached hydrogen (secondary N) is 1. The van der Waals surface area contributed by atoms with E-state index in [1.54, 1.807) is 31.4 Å². The lowest BCUT2D eigenvalue weighted by Gasteiger charge is -2.22. The second kappa shape index (κ2) is 8.75. The van der Waals surface area contributed by atoms with E-state index < -0.39 is 10.0 Å². The van der Waals surface area contributed by atoms with E-state index in [0.717, 1.165) is 6.42 Å². The van der Waals surface area contributed by atoms with Crippen molar-refractivity contribution in [1.82, 2.24) is 4.72 Å². The number of hydrogen-bond donors (Lipinski definition) is 1. The molecular formula is C15H24N2O4S. The monoisotopic (exact) mass is 328 g/mol. The Morgan fingerprint density at radius 2 is 2.09 bits per heavy atom. The molecule has 0 radical (unpaired) electrons. The smallest absolute Gasteiger partial charge is 0.223 e. The fraction of sp³-hybridized carbons (Fsp3) is 0.533. The maximum absolute atomic E-state index is 11.8. The van der Waals surface area contributed by atoms with Gasteiger partial charge < -0.3 is 9.64 Å². The van der Waals surface area contributed by atoms with Crippen LogP contribution in [0.1, 0.15) is 26.7 Å².